The molecule has 0 fully saturated rings. The van der Waals surface area contributed by atoms with E-state index in [1.807, 2.05) is 24.3 Å². The maximum Gasteiger partial charge on any atom is 0.280 e. The third kappa shape index (κ3) is 2.66. The fourth-order valence-electron chi connectivity index (χ4n) is 2.43. The number of imidazole rings is 1. The van der Waals surface area contributed by atoms with Crippen molar-refractivity contribution < 1.29 is 13.2 Å². The van der Waals surface area contributed by atoms with E-state index < -0.39 is 9.05 Å². The van der Waals surface area contributed by atoms with Crippen molar-refractivity contribution in [3.8, 4) is 5.75 Å². The van der Waals surface area contributed by atoms with Crippen LogP contribution >= 0.6 is 10.7 Å². The van der Waals surface area contributed by atoms with Gasteiger partial charge in [0.25, 0.3) is 9.05 Å². The minimum atomic E-state index is -3.77. The Bertz CT molecular complexity index is 727. The lowest BCUT2D eigenvalue weighted by Crippen LogP contribution is -2.18. The number of nitrogens with zero attached hydrogens (tertiary/aromatic N) is 2. The molecule has 1 aliphatic heterocycles. The van der Waals surface area contributed by atoms with Crippen molar-refractivity contribution in [3.05, 3.63) is 42.4 Å². The molecule has 2 aromatic rings. The minimum absolute atomic E-state index is 0.112. The first-order chi connectivity index (χ1) is 9.54. The SMILES string of the molecule is O=S(=O)(Cl)c1cn(CC2CCOc3ccccc32)cn1. The van der Waals surface area contributed by atoms with Crippen molar-refractivity contribution in [3.63, 3.8) is 0 Å². The second-order valence-electron chi connectivity index (χ2n) is 4.72. The van der Waals surface area contributed by atoms with Crippen LogP contribution < -0.4 is 4.74 Å². The van der Waals surface area contributed by atoms with Crippen molar-refractivity contribution in [1.29, 1.82) is 0 Å². The molecule has 0 bridgehead atoms. The normalized spacial score (nSPS) is 18.4. The average molecular weight is 313 g/mol. The van der Waals surface area contributed by atoms with Crippen LogP contribution in [-0.4, -0.2) is 24.6 Å². The van der Waals surface area contributed by atoms with Gasteiger partial charge in [0.2, 0.25) is 0 Å². The van der Waals surface area contributed by atoms with Gasteiger partial charge in [-0.3, -0.25) is 0 Å². The molecule has 1 aliphatic rings. The van der Waals surface area contributed by atoms with Crippen LogP contribution in [0.5, 0.6) is 5.75 Å². The lowest BCUT2D eigenvalue weighted by atomic mass is 9.93. The van der Waals surface area contributed by atoms with Gasteiger partial charge in [-0.1, -0.05) is 18.2 Å². The summed E-state index contributed by atoms with van der Waals surface area (Å²) < 4.78 is 29.8. The van der Waals surface area contributed by atoms with Crippen molar-refractivity contribution in [2.75, 3.05) is 6.61 Å². The van der Waals surface area contributed by atoms with E-state index in [1.54, 1.807) is 4.57 Å². The molecule has 5 nitrogen and oxygen atoms in total. The van der Waals surface area contributed by atoms with Crippen LogP contribution in [0.3, 0.4) is 0 Å². The van der Waals surface area contributed by atoms with E-state index in [0.717, 1.165) is 17.7 Å². The van der Waals surface area contributed by atoms with Crippen LogP contribution in [-0.2, 0) is 15.6 Å². The van der Waals surface area contributed by atoms with Gasteiger partial charge in [0, 0.05) is 29.3 Å². The van der Waals surface area contributed by atoms with Crippen LogP contribution in [0.1, 0.15) is 17.9 Å². The summed E-state index contributed by atoms with van der Waals surface area (Å²) in [5, 5.41) is -0.112. The molecule has 2 heterocycles. The first-order valence-corrected chi connectivity index (χ1v) is 8.53. The molecule has 0 saturated carbocycles. The van der Waals surface area contributed by atoms with Gasteiger partial charge in [-0.05, 0) is 18.1 Å². The Balaban J connectivity index is 1.84. The van der Waals surface area contributed by atoms with Gasteiger partial charge >= 0.3 is 0 Å². The van der Waals surface area contributed by atoms with Gasteiger partial charge in [0.05, 0.1) is 12.9 Å². The Morgan fingerprint density at radius 1 is 1.40 bits per heavy atom. The molecule has 0 amide bonds. The number of hydrogen-bond donors (Lipinski definition) is 0. The van der Waals surface area contributed by atoms with Crippen LogP contribution in [0.25, 0.3) is 0 Å². The summed E-state index contributed by atoms with van der Waals surface area (Å²) in [6.07, 6.45) is 3.84. The minimum Gasteiger partial charge on any atom is -0.493 e. The van der Waals surface area contributed by atoms with Gasteiger partial charge in [-0.25, -0.2) is 13.4 Å². The number of fused-ring (bicyclic) bond motifs is 1. The first kappa shape index (κ1) is 13.5. The average Bonchev–Trinajstić information content (AvgIpc) is 2.88. The quantitative estimate of drug-likeness (QED) is 0.816. The zero-order valence-electron chi connectivity index (χ0n) is 10.6. The summed E-state index contributed by atoms with van der Waals surface area (Å²) in [6, 6.07) is 7.90. The van der Waals surface area contributed by atoms with Crippen LogP contribution in [0, 0.1) is 0 Å². The molecular weight excluding hydrogens is 300 g/mol. The van der Waals surface area contributed by atoms with E-state index in [0.29, 0.717) is 13.2 Å². The third-order valence-corrected chi connectivity index (χ3v) is 4.56. The molecule has 0 aliphatic carbocycles. The van der Waals surface area contributed by atoms with Gasteiger partial charge in [-0.2, -0.15) is 0 Å². The van der Waals surface area contributed by atoms with Gasteiger partial charge in [0.1, 0.15) is 5.75 Å². The highest BCUT2D eigenvalue weighted by atomic mass is 35.7. The molecule has 0 N–H and O–H groups in total. The second-order valence-corrected chi connectivity index (χ2v) is 7.23. The predicted molar refractivity (Wildman–Crippen MR) is 74.6 cm³/mol. The molecule has 1 atom stereocenters. The largest absolute Gasteiger partial charge is 0.493 e. The van der Waals surface area contributed by atoms with Gasteiger partial charge in [-0.15, -0.1) is 0 Å². The van der Waals surface area contributed by atoms with Crippen molar-refractivity contribution in [2.45, 2.75) is 23.9 Å². The fraction of sp³-hybridized carbons (Fsp3) is 0.308. The predicted octanol–water partition coefficient (Wildman–Crippen LogP) is 2.38. The van der Waals surface area contributed by atoms with Crippen LogP contribution in [0.4, 0.5) is 0 Å². The number of rotatable bonds is 3. The number of benzene rings is 1. The highest BCUT2D eigenvalue weighted by Crippen LogP contribution is 2.34. The van der Waals surface area contributed by atoms with Gasteiger partial charge in [0.15, 0.2) is 5.03 Å². The second kappa shape index (κ2) is 5.10. The van der Waals surface area contributed by atoms with E-state index in [1.165, 1.54) is 12.5 Å². The molecule has 3 rings (SSSR count). The summed E-state index contributed by atoms with van der Waals surface area (Å²) in [4.78, 5) is 3.82. The summed E-state index contributed by atoms with van der Waals surface area (Å²) in [7, 11) is 1.50. The first-order valence-electron chi connectivity index (χ1n) is 6.22. The molecule has 20 heavy (non-hydrogen) atoms. The van der Waals surface area contributed by atoms with E-state index in [9.17, 15) is 8.42 Å². The van der Waals surface area contributed by atoms with Gasteiger partial charge < -0.3 is 9.30 Å². The van der Waals surface area contributed by atoms with E-state index >= 15 is 0 Å². The van der Waals surface area contributed by atoms with Crippen LogP contribution in [0.2, 0.25) is 0 Å². The lowest BCUT2D eigenvalue weighted by molar-refractivity contribution is 0.259. The Morgan fingerprint density at radius 3 is 2.95 bits per heavy atom. The van der Waals surface area contributed by atoms with Crippen molar-refractivity contribution in [2.24, 2.45) is 0 Å². The summed E-state index contributed by atoms with van der Waals surface area (Å²) in [5.74, 6) is 1.18. The number of aromatic nitrogens is 2. The Hall–Kier alpha value is -1.53. The van der Waals surface area contributed by atoms with Crippen molar-refractivity contribution >= 4 is 19.7 Å². The number of hydrogen-bond acceptors (Lipinski definition) is 4. The molecule has 1 aromatic carbocycles. The topological polar surface area (TPSA) is 61.2 Å². The standard InChI is InChI=1S/C13H13ClN2O3S/c14-20(17,18)13-8-16(9-15-13)7-10-5-6-19-12-4-2-1-3-11(10)12/h1-4,8-10H,5-7H2. The molecule has 0 spiro atoms. The molecule has 106 valence electrons. The Kier molecular flexibility index (Phi) is 3.43. The van der Waals surface area contributed by atoms with E-state index in [2.05, 4.69) is 4.98 Å². The summed E-state index contributed by atoms with van der Waals surface area (Å²) >= 11 is 0. The highest BCUT2D eigenvalue weighted by molar-refractivity contribution is 8.13. The summed E-state index contributed by atoms with van der Waals surface area (Å²) in [5.41, 5.74) is 1.14. The number of ether oxygens (including phenoxy) is 1. The molecule has 0 saturated heterocycles. The lowest BCUT2D eigenvalue weighted by Gasteiger charge is -2.25. The fourth-order valence-corrected chi connectivity index (χ4v) is 3.10. The maximum atomic E-state index is 11.2. The van der Waals surface area contributed by atoms with Crippen molar-refractivity contribution in [1.82, 2.24) is 9.55 Å². The number of halogens is 1. The molecule has 1 aromatic heterocycles. The highest BCUT2D eigenvalue weighted by Gasteiger charge is 2.22. The summed E-state index contributed by atoms with van der Waals surface area (Å²) in [6.45, 7) is 1.32. The number of para-hydroxylation sites is 1. The Morgan fingerprint density at radius 2 is 2.20 bits per heavy atom. The molecule has 0 radical (unpaired) electrons. The zero-order valence-corrected chi connectivity index (χ0v) is 12.1. The molecule has 7 heteroatoms. The zero-order chi connectivity index (χ0) is 14.2. The van der Waals surface area contributed by atoms with E-state index in [-0.39, 0.29) is 10.9 Å². The smallest absolute Gasteiger partial charge is 0.280 e. The monoisotopic (exact) mass is 312 g/mol. The Labute approximate surface area is 121 Å². The maximum absolute atomic E-state index is 11.2. The van der Waals surface area contributed by atoms with Crippen LogP contribution in [0.15, 0.2) is 41.8 Å². The third-order valence-electron chi connectivity index (χ3n) is 3.37. The van der Waals surface area contributed by atoms with E-state index in [4.69, 9.17) is 15.4 Å². The molecular formula is C13H13ClN2O3S. The molecule has 1 unspecified atom stereocenters.